The van der Waals surface area contributed by atoms with Crippen LogP contribution < -0.4 is 4.57 Å². The van der Waals surface area contributed by atoms with Crippen molar-refractivity contribution in [2.24, 2.45) is 0 Å². The smallest absolute Gasteiger partial charge is 0.349 e. The number of hydrogen-bond acceptors (Lipinski definition) is 1. The molecule has 1 atom stereocenters. The van der Waals surface area contributed by atoms with Gasteiger partial charge in [0.05, 0.1) is 6.54 Å². The summed E-state index contributed by atoms with van der Waals surface area (Å²) in [5.74, 6) is 0.391. The van der Waals surface area contributed by atoms with Crippen LogP contribution in [0.4, 0.5) is 0 Å². The molecular weight excluding hydrogens is 276 g/mol. The van der Waals surface area contributed by atoms with Crippen molar-refractivity contribution in [2.75, 3.05) is 0 Å². The first-order valence-electron chi connectivity index (χ1n) is 8.85. The number of aromatic nitrogens is 2. The van der Waals surface area contributed by atoms with Gasteiger partial charge < -0.3 is 5.11 Å². The van der Waals surface area contributed by atoms with Crippen molar-refractivity contribution in [2.45, 2.75) is 91.6 Å². The van der Waals surface area contributed by atoms with Gasteiger partial charge in [-0.1, -0.05) is 45.4 Å². The highest BCUT2D eigenvalue weighted by molar-refractivity contribution is 5.69. The maximum Gasteiger partial charge on any atom is 0.349 e. The molecule has 1 N–H and O–H groups in total. The van der Waals surface area contributed by atoms with Gasteiger partial charge in [-0.15, -0.1) is 0 Å². The quantitative estimate of drug-likeness (QED) is 0.495. The Kier molecular flexibility index (Phi) is 8.21. The predicted octanol–water partition coefficient (Wildman–Crippen LogP) is 4.04. The normalized spacial score (nSPS) is 12.5. The summed E-state index contributed by atoms with van der Waals surface area (Å²) < 4.78 is 4.19. The van der Waals surface area contributed by atoms with Crippen molar-refractivity contribution < 1.29 is 14.5 Å². The highest BCUT2D eigenvalue weighted by atomic mass is 16.4. The van der Waals surface area contributed by atoms with Crippen molar-refractivity contribution in [1.29, 1.82) is 0 Å². The van der Waals surface area contributed by atoms with E-state index in [1.807, 2.05) is 10.8 Å². The van der Waals surface area contributed by atoms with E-state index in [0.29, 0.717) is 0 Å². The third-order valence-corrected chi connectivity index (χ3v) is 4.46. The fourth-order valence-corrected chi connectivity index (χ4v) is 3.08. The topological polar surface area (TPSA) is 46.1 Å². The first-order chi connectivity index (χ1) is 10.5. The molecule has 0 spiro atoms. The molecule has 0 aliphatic rings. The maximum absolute atomic E-state index is 11.3. The van der Waals surface area contributed by atoms with Gasteiger partial charge in [-0.2, -0.15) is 0 Å². The Balaban J connectivity index is 2.62. The van der Waals surface area contributed by atoms with Gasteiger partial charge in [-0.25, -0.2) is 13.9 Å². The third kappa shape index (κ3) is 5.15. The molecule has 4 nitrogen and oxygen atoms in total. The summed E-state index contributed by atoms with van der Waals surface area (Å²) in [5.41, 5.74) is 1.15. The number of carbonyl (C=O) groups is 1. The summed E-state index contributed by atoms with van der Waals surface area (Å²) in [5, 5.41) is 9.29. The van der Waals surface area contributed by atoms with Crippen molar-refractivity contribution in [3.63, 3.8) is 0 Å². The van der Waals surface area contributed by atoms with Crippen LogP contribution in [0.1, 0.15) is 83.3 Å². The van der Waals surface area contributed by atoms with E-state index in [1.165, 1.54) is 38.5 Å². The van der Waals surface area contributed by atoms with Crippen LogP contribution in [0.5, 0.6) is 0 Å². The Bertz CT molecular complexity index is 466. The van der Waals surface area contributed by atoms with Crippen LogP contribution in [0.2, 0.25) is 0 Å². The average Bonchev–Trinajstić information content (AvgIpc) is 2.81. The first kappa shape index (κ1) is 18.7. The second-order valence-electron chi connectivity index (χ2n) is 6.22. The summed E-state index contributed by atoms with van der Waals surface area (Å²) in [6, 6.07) is -0.494. The molecule has 126 valence electrons. The number of nitrogens with zero attached hydrogens (tertiary/aromatic N) is 2. The Hall–Kier alpha value is -1.32. The molecule has 0 aromatic carbocycles. The fraction of sp³-hybridized carbons (Fsp3) is 0.778. The van der Waals surface area contributed by atoms with E-state index >= 15 is 0 Å². The summed E-state index contributed by atoms with van der Waals surface area (Å²) in [4.78, 5) is 11.3. The monoisotopic (exact) mass is 309 g/mol. The van der Waals surface area contributed by atoms with E-state index in [0.717, 1.165) is 30.9 Å². The summed E-state index contributed by atoms with van der Waals surface area (Å²) >= 11 is 0. The standard InChI is InChI=1S/C18H32N2O2/c1-5-7-8-9-10-11-12-13-17-19(6-2)15(3)14-20(17)16(4)18(21)22/h14,16H,5-13H2,1-4H3/p+1. The number of rotatable bonds is 11. The number of carboxylic acids is 1. The minimum Gasteiger partial charge on any atom is -0.478 e. The average molecular weight is 309 g/mol. The van der Waals surface area contributed by atoms with Gasteiger partial charge in [0.1, 0.15) is 11.9 Å². The zero-order valence-corrected chi connectivity index (χ0v) is 14.8. The van der Waals surface area contributed by atoms with Crippen molar-refractivity contribution in [3.8, 4) is 0 Å². The third-order valence-electron chi connectivity index (χ3n) is 4.46. The van der Waals surface area contributed by atoms with Gasteiger partial charge >= 0.3 is 5.97 Å². The number of imidazole rings is 1. The van der Waals surface area contributed by atoms with E-state index in [9.17, 15) is 9.90 Å². The molecule has 4 heteroatoms. The Morgan fingerprint density at radius 3 is 2.32 bits per heavy atom. The molecule has 0 aliphatic carbocycles. The van der Waals surface area contributed by atoms with Gasteiger partial charge in [0, 0.05) is 13.3 Å². The van der Waals surface area contributed by atoms with Gasteiger partial charge in [0.2, 0.25) is 0 Å². The predicted molar refractivity (Wildman–Crippen MR) is 89.1 cm³/mol. The Labute approximate surface area is 135 Å². The number of aryl methyl sites for hydroxylation is 1. The lowest BCUT2D eigenvalue weighted by Crippen LogP contribution is -2.44. The second-order valence-corrected chi connectivity index (χ2v) is 6.22. The van der Waals surface area contributed by atoms with Gasteiger partial charge in [0.25, 0.3) is 5.82 Å². The van der Waals surface area contributed by atoms with E-state index in [-0.39, 0.29) is 0 Å². The first-order valence-corrected chi connectivity index (χ1v) is 8.85. The molecule has 1 heterocycles. The van der Waals surface area contributed by atoms with Gasteiger partial charge in [0.15, 0.2) is 6.04 Å². The Morgan fingerprint density at radius 2 is 1.77 bits per heavy atom. The molecule has 1 unspecified atom stereocenters. The highest BCUT2D eigenvalue weighted by Gasteiger charge is 2.27. The molecule has 0 saturated heterocycles. The lowest BCUT2D eigenvalue weighted by molar-refractivity contribution is -0.714. The van der Waals surface area contributed by atoms with E-state index in [4.69, 9.17) is 0 Å². The zero-order chi connectivity index (χ0) is 16.5. The molecule has 0 saturated carbocycles. The van der Waals surface area contributed by atoms with Gasteiger partial charge in [-0.3, -0.25) is 0 Å². The Morgan fingerprint density at radius 1 is 1.18 bits per heavy atom. The number of carboxylic acid groups (broad SMARTS) is 1. The number of hydrogen-bond donors (Lipinski definition) is 1. The highest BCUT2D eigenvalue weighted by Crippen LogP contribution is 2.13. The molecular formula is C18H33N2O2+. The summed E-state index contributed by atoms with van der Waals surface area (Å²) in [7, 11) is 0. The van der Waals surface area contributed by atoms with Crippen LogP contribution >= 0.6 is 0 Å². The molecule has 0 radical (unpaired) electrons. The van der Waals surface area contributed by atoms with Crippen molar-refractivity contribution in [1.82, 2.24) is 4.57 Å². The summed E-state index contributed by atoms with van der Waals surface area (Å²) in [6.45, 7) is 9.08. The lowest BCUT2D eigenvalue weighted by atomic mass is 10.1. The van der Waals surface area contributed by atoms with Crippen LogP contribution in [-0.4, -0.2) is 15.6 Å². The molecule has 1 rings (SSSR count). The van der Waals surface area contributed by atoms with E-state index in [2.05, 4.69) is 25.3 Å². The van der Waals surface area contributed by atoms with Crippen LogP contribution in [-0.2, 0) is 17.8 Å². The lowest BCUT2D eigenvalue weighted by Gasteiger charge is -2.08. The molecule has 0 fully saturated rings. The van der Waals surface area contributed by atoms with Crippen LogP contribution in [0, 0.1) is 6.92 Å². The SMILES string of the molecule is CCCCCCCCCc1n(CC)c(C)c[n+]1C(C)C(=O)O. The largest absolute Gasteiger partial charge is 0.478 e. The molecule has 1 aromatic rings. The van der Waals surface area contributed by atoms with Crippen LogP contribution in [0.25, 0.3) is 0 Å². The maximum atomic E-state index is 11.3. The number of unbranched alkanes of at least 4 members (excludes halogenated alkanes) is 6. The second kappa shape index (κ2) is 9.65. The van der Waals surface area contributed by atoms with E-state index in [1.54, 1.807) is 6.92 Å². The molecule has 22 heavy (non-hydrogen) atoms. The van der Waals surface area contributed by atoms with Gasteiger partial charge in [-0.05, 0) is 20.3 Å². The molecule has 0 aliphatic heterocycles. The zero-order valence-electron chi connectivity index (χ0n) is 14.8. The number of aliphatic carboxylic acids is 1. The van der Waals surface area contributed by atoms with E-state index < -0.39 is 12.0 Å². The molecule has 0 bridgehead atoms. The van der Waals surface area contributed by atoms with Crippen LogP contribution in [0.3, 0.4) is 0 Å². The summed E-state index contributed by atoms with van der Waals surface area (Å²) in [6.07, 6.45) is 11.9. The minimum absolute atomic E-state index is 0.494. The minimum atomic E-state index is -0.765. The van der Waals surface area contributed by atoms with Crippen molar-refractivity contribution in [3.05, 3.63) is 17.7 Å². The molecule has 1 aromatic heterocycles. The molecule has 0 amide bonds. The fourth-order valence-electron chi connectivity index (χ4n) is 3.08. The van der Waals surface area contributed by atoms with Crippen molar-refractivity contribution >= 4 is 5.97 Å². The van der Waals surface area contributed by atoms with Crippen LogP contribution in [0.15, 0.2) is 6.20 Å².